The molecule has 0 spiro atoms. The Labute approximate surface area is 233 Å². The summed E-state index contributed by atoms with van der Waals surface area (Å²) < 4.78 is 49.1. The van der Waals surface area contributed by atoms with E-state index in [-0.39, 0.29) is 61.5 Å². The van der Waals surface area contributed by atoms with Crippen LogP contribution in [0.15, 0.2) is 12.1 Å². The zero-order valence-corrected chi connectivity index (χ0v) is 23.1. The summed E-state index contributed by atoms with van der Waals surface area (Å²) in [5.41, 5.74) is 6.19. The lowest BCUT2D eigenvalue weighted by molar-refractivity contribution is 0.175. The van der Waals surface area contributed by atoms with E-state index < -0.39 is 11.6 Å². The molecule has 1 fully saturated rings. The van der Waals surface area contributed by atoms with Gasteiger partial charge in [0.15, 0.2) is 5.82 Å². The molecule has 1 saturated heterocycles. The fourth-order valence-corrected chi connectivity index (χ4v) is 6.37. The molecule has 2 aliphatic rings. The van der Waals surface area contributed by atoms with E-state index in [1.54, 1.807) is 0 Å². The maximum absolute atomic E-state index is 16.5. The van der Waals surface area contributed by atoms with Gasteiger partial charge in [0.05, 0.1) is 36.6 Å². The molecule has 2 unspecified atom stereocenters. The van der Waals surface area contributed by atoms with Gasteiger partial charge in [-0.25, -0.2) is 13.8 Å². The van der Waals surface area contributed by atoms with Crippen LogP contribution in [0.2, 0.25) is 0 Å². The van der Waals surface area contributed by atoms with E-state index in [9.17, 15) is 9.65 Å². The topological polar surface area (TPSA) is 119 Å². The smallest absolute Gasteiger partial charge is 0.318 e. The monoisotopic (exact) mass is 566 g/mol. The molecule has 2 N–H and O–H groups in total. The second kappa shape index (κ2) is 10.3. The first kappa shape index (κ1) is 26.4. The highest BCUT2D eigenvalue weighted by Crippen LogP contribution is 2.45. The molecule has 0 amide bonds. The molecule has 2 aliphatic heterocycles. The number of nitriles is 1. The van der Waals surface area contributed by atoms with E-state index in [1.165, 1.54) is 19.2 Å². The van der Waals surface area contributed by atoms with Crippen molar-refractivity contribution in [3.63, 3.8) is 0 Å². The first-order valence-electron chi connectivity index (χ1n) is 13.2. The molecule has 1 aromatic carbocycles. The van der Waals surface area contributed by atoms with Crippen molar-refractivity contribution in [2.24, 2.45) is 5.92 Å². The minimum Gasteiger partial charge on any atom is -0.472 e. The van der Waals surface area contributed by atoms with Crippen LogP contribution in [0.4, 0.5) is 19.6 Å². The molecule has 0 aliphatic carbocycles. The van der Waals surface area contributed by atoms with Gasteiger partial charge in [0.25, 0.3) is 0 Å². The Morgan fingerprint density at radius 1 is 1.25 bits per heavy atom. The normalized spacial score (nSPS) is 18.8. The number of methoxy groups -OCH3 is 1. The van der Waals surface area contributed by atoms with E-state index in [0.717, 1.165) is 30.6 Å². The number of hydrogen-bond donors (Lipinski definition) is 1. The predicted molar refractivity (Wildman–Crippen MR) is 149 cm³/mol. The van der Waals surface area contributed by atoms with Crippen molar-refractivity contribution in [2.75, 3.05) is 37.5 Å². The van der Waals surface area contributed by atoms with Gasteiger partial charge in [0.2, 0.25) is 5.88 Å². The molecule has 40 heavy (non-hydrogen) atoms. The third-order valence-corrected chi connectivity index (χ3v) is 8.47. The highest BCUT2D eigenvalue weighted by atomic mass is 32.1. The maximum atomic E-state index is 16.5. The van der Waals surface area contributed by atoms with Gasteiger partial charge >= 0.3 is 6.01 Å². The van der Waals surface area contributed by atoms with Gasteiger partial charge in [-0.2, -0.15) is 15.2 Å². The summed E-state index contributed by atoms with van der Waals surface area (Å²) in [6.45, 7) is 5.93. The summed E-state index contributed by atoms with van der Waals surface area (Å²) in [7, 11) is 1.42. The van der Waals surface area contributed by atoms with E-state index in [4.69, 9.17) is 19.9 Å². The zero-order chi connectivity index (χ0) is 28.1. The van der Waals surface area contributed by atoms with Crippen LogP contribution in [0, 0.1) is 28.9 Å². The molecule has 6 rings (SSSR count). The van der Waals surface area contributed by atoms with Crippen LogP contribution >= 0.6 is 11.3 Å². The summed E-state index contributed by atoms with van der Waals surface area (Å²) in [6.07, 6.45) is 2.19. The van der Waals surface area contributed by atoms with E-state index >= 15 is 4.39 Å². The number of fused-ring (bicyclic) bond motifs is 1. The van der Waals surface area contributed by atoms with Crippen LogP contribution in [0.25, 0.3) is 32.2 Å². The first-order valence-corrected chi connectivity index (χ1v) is 14.0. The highest BCUT2D eigenvalue weighted by molar-refractivity contribution is 7.23. The molecule has 5 heterocycles. The third kappa shape index (κ3) is 4.33. The number of ether oxygens (including phenoxy) is 3. The fraction of sp³-hybridized carbons (Fsp3) is 0.429. The predicted octanol–water partition coefficient (Wildman–Crippen LogP) is 5.44. The summed E-state index contributed by atoms with van der Waals surface area (Å²) in [5, 5.41) is 10.5. The molecule has 0 radical (unpaired) electrons. The number of halogens is 2. The third-order valence-electron chi connectivity index (χ3n) is 7.44. The van der Waals surface area contributed by atoms with Crippen LogP contribution in [0.1, 0.15) is 38.7 Å². The molecule has 9 nitrogen and oxygen atoms in total. The van der Waals surface area contributed by atoms with Gasteiger partial charge in [-0.1, -0.05) is 13.8 Å². The van der Waals surface area contributed by atoms with Crippen LogP contribution in [0.5, 0.6) is 11.9 Å². The van der Waals surface area contributed by atoms with E-state index in [0.29, 0.717) is 36.9 Å². The minimum absolute atomic E-state index is 0.00390. The second-order valence-corrected chi connectivity index (χ2v) is 11.5. The van der Waals surface area contributed by atoms with Crippen molar-refractivity contribution in [1.82, 2.24) is 15.0 Å². The summed E-state index contributed by atoms with van der Waals surface area (Å²) in [4.78, 5) is 15.8. The number of anilines is 2. The Morgan fingerprint density at radius 2 is 2.08 bits per heavy atom. The molecule has 3 aromatic heterocycles. The van der Waals surface area contributed by atoms with Crippen LogP contribution in [-0.4, -0.2) is 54.0 Å². The lowest BCUT2D eigenvalue weighted by atomic mass is 10.0. The van der Waals surface area contributed by atoms with Crippen molar-refractivity contribution in [2.45, 2.75) is 45.3 Å². The lowest BCUT2D eigenvalue weighted by Gasteiger charge is -2.30. The zero-order valence-electron chi connectivity index (χ0n) is 22.3. The summed E-state index contributed by atoms with van der Waals surface area (Å²) in [5.74, 6) is -0.205. The Kier molecular flexibility index (Phi) is 6.80. The fourth-order valence-electron chi connectivity index (χ4n) is 5.42. The number of aromatic nitrogens is 3. The number of nitrogens with two attached hydrogens (primary N) is 1. The number of nitrogens with zero attached hydrogens (tertiary/aromatic N) is 5. The quantitative estimate of drug-likeness (QED) is 0.325. The van der Waals surface area contributed by atoms with Crippen molar-refractivity contribution < 1.29 is 23.0 Å². The average Bonchev–Trinajstić information content (AvgIpc) is 3.56. The summed E-state index contributed by atoms with van der Waals surface area (Å²) in [6, 6.07) is 4.67. The largest absolute Gasteiger partial charge is 0.472 e. The van der Waals surface area contributed by atoms with Gasteiger partial charge in [0.1, 0.15) is 45.4 Å². The minimum atomic E-state index is -0.755. The number of benzene rings is 1. The van der Waals surface area contributed by atoms with Gasteiger partial charge in [-0.3, -0.25) is 0 Å². The van der Waals surface area contributed by atoms with Gasteiger partial charge in [-0.05, 0) is 37.3 Å². The lowest BCUT2D eigenvalue weighted by Crippen LogP contribution is -2.42. The van der Waals surface area contributed by atoms with Crippen LogP contribution in [0.3, 0.4) is 0 Å². The van der Waals surface area contributed by atoms with Crippen molar-refractivity contribution in [3.05, 3.63) is 29.3 Å². The Balaban J connectivity index is 1.64. The number of thiophene rings is 1. The van der Waals surface area contributed by atoms with Gasteiger partial charge < -0.3 is 24.8 Å². The van der Waals surface area contributed by atoms with Crippen molar-refractivity contribution in [3.8, 4) is 29.2 Å². The van der Waals surface area contributed by atoms with E-state index in [2.05, 4.69) is 33.7 Å². The molecule has 4 aromatic rings. The molecule has 0 saturated carbocycles. The molecular weight excluding hydrogens is 538 g/mol. The SMILES string of the molecule is COc1nc2c3c(nc(-c4ccc(F)c5sc(N)c(C#N)c45)c(F)c3n1)OC(CCC(C)C)CN2C1CCOC1. The Morgan fingerprint density at radius 3 is 2.77 bits per heavy atom. The molecule has 0 bridgehead atoms. The highest BCUT2D eigenvalue weighted by Gasteiger charge is 2.36. The average molecular weight is 567 g/mol. The van der Waals surface area contributed by atoms with Crippen molar-refractivity contribution in [1.29, 1.82) is 5.26 Å². The Bertz CT molecular complexity index is 1660. The van der Waals surface area contributed by atoms with E-state index in [1.807, 2.05) is 6.07 Å². The Hall–Kier alpha value is -3.82. The number of nitrogen functional groups attached to an aromatic ring is 1. The second-order valence-electron chi connectivity index (χ2n) is 10.5. The molecule has 12 heteroatoms. The standard InChI is InChI=1S/C28H28F2N6O3S/c1-13(2)4-5-15-11-36(14-8-9-38-12-14)26-20-23(34-28(35-26)37-3)21(30)22(33-27(20)39-15)16-6-7-18(29)24-19(16)17(10-31)25(32)40-24/h6-7,13-15H,4-5,8-9,11-12,32H2,1-3H3. The molecule has 2 atom stereocenters. The van der Waals surface area contributed by atoms with Gasteiger partial charge in [0, 0.05) is 17.6 Å². The molecular formula is C28H28F2N6O3S. The van der Waals surface area contributed by atoms with Gasteiger partial charge in [-0.15, -0.1) is 11.3 Å². The maximum Gasteiger partial charge on any atom is 0.318 e. The number of rotatable bonds is 6. The van der Waals surface area contributed by atoms with Crippen LogP contribution in [-0.2, 0) is 4.74 Å². The van der Waals surface area contributed by atoms with Crippen LogP contribution < -0.4 is 20.1 Å². The number of hydrogen-bond acceptors (Lipinski definition) is 10. The first-order chi connectivity index (χ1) is 19.3. The summed E-state index contributed by atoms with van der Waals surface area (Å²) >= 11 is 0.940. The number of pyridine rings is 1. The molecule has 208 valence electrons. The van der Waals surface area contributed by atoms with Crippen molar-refractivity contribution >= 4 is 43.1 Å².